The van der Waals surface area contributed by atoms with Crippen LogP contribution in [0.15, 0.2) is 22.7 Å². The van der Waals surface area contributed by atoms with Crippen LogP contribution in [0.2, 0.25) is 5.02 Å². The number of carbonyl (C=O) groups excluding carboxylic acids is 2. The molecule has 108 valence electrons. The number of rotatable bonds is 3. The second-order valence-corrected chi connectivity index (χ2v) is 5.96. The topological polar surface area (TPSA) is 49.4 Å². The van der Waals surface area contributed by atoms with Crippen LogP contribution in [0.4, 0.5) is 5.69 Å². The summed E-state index contributed by atoms with van der Waals surface area (Å²) in [7, 11) is 0. The van der Waals surface area contributed by atoms with Crippen LogP contribution >= 0.6 is 27.5 Å². The first-order chi connectivity index (χ1) is 9.49. The molecule has 2 rings (SSSR count). The number of halogens is 2. The number of anilines is 1. The number of hydrogen-bond acceptors (Lipinski definition) is 2. The molecule has 2 atom stereocenters. The summed E-state index contributed by atoms with van der Waals surface area (Å²) < 4.78 is 0.707. The van der Waals surface area contributed by atoms with E-state index in [4.69, 9.17) is 11.6 Å². The quantitative estimate of drug-likeness (QED) is 0.901. The number of benzene rings is 1. The Morgan fingerprint density at radius 1 is 1.30 bits per heavy atom. The second kappa shape index (κ2) is 6.14. The number of nitrogens with one attached hydrogen (secondary N) is 1. The molecule has 2 amide bonds. The number of piperazine rings is 1. The Kier molecular flexibility index (Phi) is 4.70. The van der Waals surface area contributed by atoms with Crippen molar-refractivity contribution in [2.45, 2.75) is 38.8 Å². The van der Waals surface area contributed by atoms with Gasteiger partial charge in [0.05, 0.1) is 5.02 Å². The fraction of sp³-hybridized carbons (Fsp3) is 0.429. The standard InChI is InChI=1S/C14H16BrClN2O2/c1-3-11-14(20)18(12(4-2)13(19)17-11)8-5-6-10(16)9(15)7-8/h5-7,11-12H,3-4H2,1-2H3,(H,17,19). The molecule has 4 nitrogen and oxygen atoms in total. The van der Waals surface area contributed by atoms with Gasteiger partial charge in [-0.2, -0.15) is 0 Å². The van der Waals surface area contributed by atoms with E-state index in [0.29, 0.717) is 28.0 Å². The zero-order valence-electron chi connectivity index (χ0n) is 11.3. The first-order valence-corrected chi connectivity index (χ1v) is 7.75. The van der Waals surface area contributed by atoms with Gasteiger partial charge in [0.15, 0.2) is 0 Å². The molecule has 0 aliphatic carbocycles. The van der Waals surface area contributed by atoms with E-state index in [1.807, 2.05) is 13.8 Å². The van der Waals surface area contributed by atoms with Crippen LogP contribution in [0.25, 0.3) is 0 Å². The Bertz CT molecular complexity index is 550. The average Bonchev–Trinajstić information content (AvgIpc) is 2.43. The number of carbonyl (C=O) groups is 2. The third kappa shape index (κ3) is 2.69. The predicted molar refractivity (Wildman–Crippen MR) is 82.9 cm³/mol. The molecule has 6 heteroatoms. The van der Waals surface area contributed by atoms with Gasteiger partial charge >= 0.3 is 0 Å². The fourth-order valence-electron chi connectivity index (χ4n) is 2.36. The van der Waals surface area contributed by atoms with Gasteiger partial charge in [0.2, 0.25) is 11.8 Å². The van der Waals surface area contributed by atoms with Gasteiger partial charge in [-0.05, 0) is 47.0 Å². The smallest absolute Gasteiger partial charge is 0.250 e. The molecule has 0 bridgehead atoms. The molecular weight excluding hydrogens is 344 g/mol. The van der Waals surface area contributed by atoms with Crippen LogP contribution in [0, 0.1) is 0 Å². The van der Waals surface area contributed by atoms with Crippen LogP contribution < -0.4 is 10.2 Å². The van der Waals surface area contributed by atoms with Gasteiger partial charge in [-0.1, -0.05) is 25.4 Å². The predicted octanol–water partition coefficient (Wildman–Crippen LogP) is 3.12. The maximum absolute atomic E-state index is 12.5. The minimum atomic E-state index is -0.474. The maximum Gasteiger partial charge on any atom is 0.250 e. The molecule has 1 heterocycles. The Labute approximate surface area is 131 Å². The van der Waals surface area contributed by atoms with E-state index in [1.165, 1.54) is 0 Å². The molecule has 1 aliphatic heterocycles. The monoisotopic (exact) mass is 358 g/mol. The van der Waals surface area contributed by atoms with Gasteiger partial charge in [-0.15, -0.1) is 0 Å². The molecule has 0 saturated carbocycles. The highest BCUT2D eigenvalue weighted by Crippen LogP contribution is 2.30. The lowest BCUT2D eigenvalue weighted by atomic mass is 10.0. The molecule has 1 aromatic rings. The summed E-state index contributed by atoms with van der Waals surface area (Å²) in [6, 6.07) is 4.32. The lowest BCUT2D eigenvalue weighted by Crippen LogP contribution is -2.63. The normalized spacial score (nSPS) is 22.9. The van der Waals surface area contributed by atoms with Gasteiger partial charge in [0, 0.05) is 10.2 Å². The zero-order valence-corrected chi connectivity index (χ0v) is 13.7. The highest BCUT2D eigenvalue weighted by molar-refractivity contribution is 9.10. The molecule has 0 spiro atoms. The maximum atomic E-state index is 12.5. The Balaban J connectivity index is 2.44. The van der Waals surface area contributed by atoms with Gasteiger partial charge < -0.3 is 5.32 Å². The Hall–Kier alpha value is -1.07. The van der Waals surface area contributed by atoms with Crippen molar-refractivity contribution >= 4 is 45.0 Å². The van der Waals surface area contributed by atoms with E-state index in [1.54, 1.807) is 23.1 Å². The Morgan fingerprint density at radius 2 is 2.00 bits per heavy atom. The second-order valence-electron chi connectivity index (χ2n) is 4.70. The minimum absolute atomic E-state index is 0.0758. The van der Waals surface area contributed by atoms with Crippen molar-refractivity contribution in [1.82, 2.24) is 5.32 Å². The van der Waals surface area contributed by atoms with Crippen molar-refractivity contribution in [3.05, 3.63) is 27.7 Å². The van der Waals surface area contributed by atoms with E-state index in [-0.39, 0.29) is 11.8 Å². The van der Waals surface area contributed by atoms with Gasteiger partial charge in [0.25, 0.3) is 0 Å². The van der Waals surface area contributed by atoms with Crippen molar-refractivity contribution < 1.29 is 9.59 Å². The van der Waals surface area contributed by atoms with Crippen LogP contribution in [-0.4, -0.2) is 23.9 Å². The third-order valence-corrected chi connectivity index (χ3v) is 4.66. The molecule has 0 radical (unpaired) electrons. The number of amides is 2. The molecule has 1 N–H and O–H groups in total. The summed E-state index contributed by atoms with van der Waals surface area (Å²) in [5.74, 6) is -0.182. The van der Waals surface area contributed by atoms with E-state index in [0.717, 1.165) is 0 Å². The van der Waals surface area contributed by atoms with Crippen molar-refractivity contribution in [2.24, 2.45) is 0 Å². The molecule has 1 aliphatic rings. The van der Waals surface area contributed by atoms with Crippen molar-refractivity contribution in [2.75, 3.05) is 4.90 Å². The molecule has 2 unspecified atom stereocenters. The van der Waals surface area contributed by atoms with Crippen LogP contribution in [0.3, 0.4) is 0 Å². The van der Waals surface area contributed by atoms with Crippen LogP contribution in [-0.2, 0) is 9.59 Å². The summed E-state index contributed by atoms with van der Waals surface area (Å²) in [5.41, 5.74) is 0.687. The third-order valence-electron chi connectivity index (χ3n) is 3.44. The van der Waals surface area contributed by atoms with Gasteiger partial charge in [0.1, 0.15) is 12.1 Å². The number of nitrogens with zero attached hydrogens (tertiary/aromatic N) is 1. The van der Waals surface area contributed by atoms with Crippen LogP contribution in [0.5, 0.6) is 0 Å². The van der Waals surface area contributed by atoms with Crippen molar-refractivity contribution in [3.8, 4) is 0 Å². The largest absolute Gasteiger partial charge is 0.342 e. The minimum Gasteiger partial charge on any atom is -0.342 e. The van der Waals surface area contributed by atoms with E-state index in [9.17, 15) is 9.59 Å². The van der Waals surface area contributed by atoms with Crippen molar-refractivity contribution in [3.63, 3.8) is 0 Å². The lowest BCUT2D eigenvalue weighted by molar-refractivity contribution is -0.134. The van der Waals surface area contributed by atoms with E-state index >= 15 is 0 Å². The highest BCUT2D eigenvalue weighted by Gasteiger charge is 2.39. The summed E-state index contributed by atoms with van der Waals surface area (Å²) in [5, 5.41) is 3.35. The molecule has 1 fully saturated rings. The van der Waals surface area contributed by atoms with Gasteiger partial charge in [-0.25, -0.2) is 0 Å². The van der Waals surface area contributed by atoms with Crippen LogP contribution in [0.1, 0.15) is 26.7 Å². The fourth-order valence-corrected chi connectivity index (χ4v) is 2.84. The van der Waals surface area contributed by atoms with Gasteiger partial charge in [-0.3, -0.25) is 14.5 Å². The highest BCUT2D eigenvalue weighted by atomic mass is 79.9. The summed E-state index contributed by atoms with van der Waals surface area (Å²) >= 11 is 9.33. The first kappa shape index (κ1) is 15.3. The average molecular weight is 360 g/mol. The summed E-state index contributed by atoms with van der Waals surface area (Å²) in [6.07, 6.45) is 1.14. The first-order valence-electron chi connectivity index (χ1n) is 6.58. The Morgan fingerprint density at radius 3 is 2.55 bits per heavy atom. The molecule has 1 saturated heterocycles. The van der Waals surface area contributed by atoms with E-state index in [2.05, 4.69) is 21.2 Å². The van der Waals surface area contributed by atoms with Crippen molar-refractivity contribution in [1.29, 1.82) is 0 Å². The zero-order chi connectivity index (χ0) is 14.9. The molecule has 20 heavy (non-hydrogen) atoms. The molecular formula is C14H16BrClN2O2. The SMILES string of the molecule is CCC1NC(=O)C(CC)N(c2ccc(Cl)c(Br)c2)C1=O. The molecule has 1 aromatic carbocycles. The summed E-state index contributed by atoms with van der Waals surface area (Å²) in [4.78, 5) is 26.2. The lowest BCUT2D eigenvalue weighted by Gasteiger charge is -2.38. The molecule has 0 aromatic heterocycles. The number of hydrogen-bond donors (Lipinski definition) is 1. The summed E-state index contributed by atoms with van der Waals surface area (Å²) in [6.45, 7) is 3.77. The van der Waals surface area contributed by atoms with E-state index < -0.39 is 12.1 Å².